The quantitative estimate of drug-likeness (QED) is 0.245. The van der Waals surface area contributed by atoms with E-state index in [1.807, 2.05) is 72.8 Å². The average molecular weight is 431 g/mol. The first-order valence-corrected chi connectivity index (χ1v) is 11.2. The van der Waals surface area contributed by atoms with Crippen molar-refractivity contribution in [2.75, 3.05) is 19.0 Å². The minimum absolute atomic E-state index is 0.554. The summed E-state index contributed by atoms with van der Waals surface area (Å²) in [6.07, 6.45) is 0. The van der Waals surface area contributed by atoms with Gasteiger partial charge in [0.2, 0.25) is 5.78 Å². The summed E-state index contributed by atoms with van der Waals surface area (Å²) in [6.45, 7) is 1.84. The molecule has 0 aliphatic carbocycles. The third kappa shape index (κ3) is 4.22. The fraction of sp³-hybridized carbons (Fsp3) is 0.167. The predicted octanol–water partition coefficient (Wildman–Crippen LogP) is 4.93. The topological polar surface area (TPSA) is 53.6 Å². The van der Waals surface area contributed by atoms with Crippen LogP contribution in [-0.2, 0) is 6.54 Å². The summed E-state index contributed by atoms with van der Waals surface area (Å²) in [5, 5.41) is 9.78. The Morgan fingerprint density at radius 1 is 0.677 bits per heavy atom. The van der Waals surface area contributed by atoms with Crippen LogP contribution in [0.5, 0.6) is 11.5 Å². The van der Waals surface area contributed by atoms with Crippen molar-refractivity contribution in [3.05, 3.63) is 84.9 Å². The zero-order chi connectivity index (χ0) is 20.9. The lowest BCUT2D eigenvalue weighted by Gasteiger charge is -2.07. The maximum Gasteiger partial charge on any atom is 0.237 e. The lowest BCUT2D eigenvalue weighted by atomic mass is 10.3. The monoisotopic (exact) mass is 430 g/mol. The Hall–Kier alpha value is -3.45. The SMILES string of the molecule is c1ccc(OCCSc2nnc3n(CCOc4ccccc4)c4ccccc4n23)cc1. The standard InChI is InChI=1S/C24H22N4O2S/c1-3-9-19(10-4-1)29-16-15-27-21-13-7-8-14-22(21)28-23(27)25-26-24(28)31-18-17-30-20-11-5-2-6-12-20/h1-14H,15-18H2. The highest BCUT2D eigenvalue weighted by atomic mass is 32.2. The largest absolute Gasteiger partial charge is 0.493 e. The summed E-state index contributed by atoms with van der Waals surface area (Å²) < 4.78 is 16.0. The average Bonchev–Trinajstić information content (AvgIpc) is 3.37. The first-order valence-electron chi connectivity index (χ1n) is 10.2. The third-order valence-corrected chi connectivity index (χ3v) is 5.82. The fourth-order valence-corrected chi connectivity index (χ4v) is 4.29. The molecule has 2 aromatic heterocycles. The predicted molar refractivity (Wildman–Crippen MR) is 123 cm³/mol. The molecule has 156 valence electrons. The van der Waals surface area contributed by atoms with Gasteiger partial charge >= 0.3 is 0 Å². The van der Waals surface area contributed by atoms with Crippen molar-refractivity contribution in [1.29, 1.82) is 0 Å². The summed E-state index contributed by atoms with van der Waals surface area (Å²) in [7, 11) is 0. The summed E-state index contributed by atoms with van der Waals surface area (Å²) >= 11 is 1.64. The van der Waals surface area contributed by atoms with Crippen molar-refractivity contribution >= 4 is 28.6 Å². The summed E-state index contributed by atoms with van der Waals surface area (Å²) in [6, 6.07) is 28.0. The van der Waals surface area contributed by atoms with Crippen LogP contribution in [0.1, 0.15) is 0 Å². The van der Waals surface area contributed by atoms with Gasteiger partial charge in [-0.05, 0) is 36.4 Å². The molecule has 0 aliphatic heterocycles. The summed E-state index contributed by atoms with van der Waals surface area (Å²) in [5.41, 5.74) is 2.21. The van der Waals surface area contributed by atoms with Crippen molar-refractivity contribution in [3.63, 3.8) is 0 Å². The highest BCUT2D eigenvalue weighted by Crippen LogP contribution is 2.26. The highest BCUT2D eigenvalue weighted by molar-refractivity contribution is 7.99. The van der Waals surface area contributed by atoms with E-state index in [0.717, 1.165) is 39.2 Å². The Balaban J connectivity index is 1.32. The Kier molecular flexibility index (Phi) is 5.75. The van der Waals surface area contributed by atoms with E-state index in [0.29, 0.717) is 19.8 Å². The molecule has 0 saturated heterocycles. The minimum atomic E-state index is 0.554. The first kappa shape index (κ1) is 19.5. The van der Waals surface area contributed by atoms with Gasteiger partial charge in [0.25, 0.3) is 0 Å². The number of para-hydroxylation sites is 4. The first-order chi connectivity index (χ1) is 15.4. The van der Waals surface area contributed by atoms with E-state index in [9.17, 15) is 0 Å². The number of fused-ring (bicyclic) bond motifs is 3. The second-order valence-corrected chi connectivity index (χ2v) is 7.99. The second kappa shape index (κ2) is 9.14. The van der Waals surface area contributed by atoms with E-state index < -0.39 is 0 Å². The van der Waals surface area contributed by atoms with Gasteiger partial charge in [-0.2, -0.15) is 0 Å². The lowest BCUT2D eigenvalue weighted by Crippen LogP contribution is -2.08. The molecule has 0 spiro atoms. The molecule has 6 nitrogen and oxygen atoms in total. The number of hydrogen-bond donors (Lipinski definition) is 0. The van der Waals surface area contributed by atoms with Crippen LogP contribution in [0.25, 0.3) is 16.8 Å². The van der Waals surface area contributed by atoms with E-state index in [1.54, 1.807) is 11.8 Å². The van der Waals surface area contributed by atoms with Gasteiger partial charge in [-0.25, -0.2) is 0 Å². The molecular formula is C24H22N4O2S. The number of hydrogen-bond acceptors (Lipinski definition) is 5. The Morgan fingerprint density at radius 3 is 2.00 bits per heavy atom. The maximum absolute atomic E-state index is 5.91. The van der Waals surface area contributed by atoms with Crippen LogP contribution in [0.2, 0.25) is 0 Å². The van der Waals surface area contributed by atoms with Crippen molar-refractivity contribution in [1.82, 2.24) is 19.2 Å². The van der Waals surface area contributed by atoms with Gasteiger partial charge in [-0.15, -0.1) is 10.2 Å². The second-order valence-electron chi connectivity index (χ2n) is 6.93. The van der Waals surface area contributed by atoms with Gasteiger partial charge in [0, 0.05) is 5.75 Å². The van der Waals surface area contributed by atoms with E-state index >= 15 is 0 Å². The smallest absolute Gasteiger partial charge is 0.237 e. The molecule has 0 fully saturated rings. The zero-order valence-electron chi connectivity index (χ0n) is 16.9. The Labute approximate surface area is 184 Å². The van der Waals surface area contributed by atoms with Crippen molar-refractivity contribution in [2.45, 2.75) is 11.7 Å². The maximum atomic E-state index is 5.91. The van der Waals surface area contributed by atoms with Crippen LogP contribution < -0.4 is 9.47 Å². The van der Waals surface area contributed by atoms with Crippen LogP contribution in [0.3, 0.4) is 0 Å². The number of nitrogens with zero attached hydrogens (tertiary/aromatic N) is 4. The Bertz CT molecular complexity index is 1270. The van der Waals surface area contributed by atoms with E-state index in [1.165, 1.54) is 0 Å². The molecule has 3 aromatic carbocycles. The zero-order valence-corrected chi connectivity index (χ0v) is 17.7. The van der Waals surface area contributed by atoms with Gasteiger partial charge in [-0.1, -0.05) is 60.3 Å². The molecule has 7 heteroatoms. The molecule has 0 N–H and O–H groups in total. The number of imidazole rings is 1. The minimum Gasteiger partial charge on any atom is -0.493 e. The van der Waals surface area contributed by atoms with Gasteiger partial charge in [0.05, 0.1) is 24.2 Å². The summed E-state index contributed by atoms with van der Waals surface area (Å²) in [5.74, 6) is 3.35. The molecule has 0 amide bonds. The molecule has 0 atom stereocenters. The van der Waals surface area contributed by atoms with Crippen LogP contribution >= 0.6 is 11.8 Å². The molecule has 0 saturated carbocycles. The van der Waals surface area contributed by atoms with E-state index in [-0.39, 0.29) is 0 Å². The molecule has 2 heterocycles. The number of rotatable bonds is 9. The summed E-state index contributed by atoms with van der Waals surface area (Å²) in [4.78, 5) is 0. The van der Waals surface area contributed by atoms with E-state index in [2.05, 4.69) is 31.3 Å². The molecule has 5 rings (SSSR count). The van der Waals surface area contributed by atoms with Crippen molar-refractivity contribution < 1.29 is 9.47 Å². The molecule has 5 aromatic rings. The molecule has 0 radical (unpaired) electrons. The fourth-order valence-electron chi connectivity index (χ4n) is 3.53. The number of benzene rings is 3. The van der Waals surface area contributed by atoms with Gasteiger partial charge < -0.3 is 14.0 Å². The van der Waals surface area contributed by atoms with Gasteiger partial charge in [0.1, 0.15) is 18.1 Å². The molecule has 31 heavy (non-hydrogen) atoms. The van der Waals surface area contributed by atoms with Crippen LogP contribution in [0.15, 0.2) is 90.1 Å². The van der Waals surface area contributed by atoms with Crippen molar-refractivity contribution in [2.24, 2.45) is 0 Å². The van der Waals surface area contributed by atoms with Crippen LogP contribution in [0.4, 0.5) is 0 Å². The molecule has 0 unspecified atom stereocenters. The molecule has 0 bridgehead atoms. The highest BCUT2D eigenvalue weighted by Gasteiger charge is 2.16. The lowest BCUT2D eigenvalue weighted by molar-refractivity contribution is 0.301. The van der Waals surface area contributed by atoms with Crippen molar-refractivity contribution in [3.8, 4) is 11.5 Å². The third-order valence-electron chi connectivity index (χ3n) is 4.92. The normalized spacial score (nSPS) is 11.2. The molecule has 0 aliphatic rings. The Morgan fingerprint density at radius 2 is 1.29 bits per heavy atom. The number of ether oxygens (including phenoxy) is 2. The van der Waals surface area contributed by atoms with Crippen LogP contribution in [0, 0.1) is 0 Å². The van der Waals surface area contributed by atoms with Gasteiger partial charge in [-0.3, -0.25) is 4.40 Å². The van der Waals surface area contributed by atoms with Gasteiger partial charge in [0.15, 0.2) is 5.16 Å². The number of thioether (sulfide) groups is 1. The number of aromatic nitrogens is 4. The molecular weight excluding hydrogens is 408 g/mol. The van der Waals surface area contributed by atoms with E-state index in [4.69, 9.17) is 9.47 Å². The van der Waals surface area contributed by atoms with Crippen LogP contribution in [-0.4, -0.2) is 38.1 Å².